The topological polar surface area (TPSA) is 110 Å². The zero-order valence-electron chi connectivity index (χ0n) is 23.3. The monoisotopic (exact) mass is 648 g/mol. The normalized spacial score (nSPS) is 22.8. The molecule has 0 amide bonds. The van der Waals surface area contributed by atoms with Crippen LogP contribution in [-0.4, -0.2) is 41.9 Å². The molecule has 4 aliphatic rings. The first kappa shape index (κ1) is 32.3. The van der Waals surface area contributed by atoms with Crippen LogP contribution in [0.15, 0.2) is 72.8 Å². The number of hydrogen-bond donors (Lipinski definition) is 2. The molecule has 2 aliphatic heterocycles. The summed E-state index contributed by atoms with van der Waals surface area (Å²) in [5.41, 5.74) is 3.54. The minimum Gasteiger partial charge on any atom is -0.508 e. The van der Waals surface area contributed by atoms with Gasteiger partial charge < -0.3 is 19.1 Å². The van der Waals surface area contributed by atoms with Gasteiger partial charge in [-0.05, 0) is 129 Å². The van der Waals surface area contributed by atoms with Gasteiger partial charge in [-0.3, -0.25) is 4.79 Å². The molecule has 1 saturated heterocycles. The van der Waals surface area contributed by atoms with Crippen LogP contribution >= 0.6 is 0 Å². The molecule has 44 heavy (non-hydrogen) atoms. The molecule has 3 fully saturated rings. The Kier molecular flexibility index (Phi) is 10.2. The second kappa shape index (κ2) is 13.9. The number of rotatable bonds is 7. The van der Waals surface area contributed by atoms with Crippen LogP contribution in [0.25, 0.3) is 11.1 Å². The fraction of sp³-hybridized carbons (Fsp3) is 0.114. The quantitative estimate of drug-likeness (QED) is 0.196. The zero-order chi connectivity index (χ0) is 30.0. The van der Waals surface area contributed by atoms with Crippen molar-refractivity contribution in [1.29, 1.82) is 0 Å². The minimum absolute atomic E-state index is 0. The van der Waals surface area contributed by atoms with Gasteiger partial charge in [0.15, 0.2) is 5.78 Å². The van der Waals surface area contributed by atoms with Gasteiger partial charge in [-0.1, -0.05) is 24.3 Å². The van der Waals surface area contributed by atoms with Crippen molar-refractivity contribution in [2.45, 2.75) is 23.9 Å². The maximum Gasteiger partial charge on any atom is 2.00 e. The molecule has 3 atom stereocenters. The molecule has 2 N–H and O–H groups in total. The molecule has 3 aromatic carbocycles. The van der Waals surface area contributed by atoms with E-state index in [4.69, 9.17) is 8.92 Å². The van der Waals surface area contributed by atoms with E-state index < -0.39 is 27.6 Å². The maximum absolute atomic E-state index is 13.5. The van der Waals surface area contributed by atoms with E-state index in [9.17, 15) is 23.4 Å². The predicted molar refractivity (Wildman–Crippen MR) is 162 cm³/mol. The van der Waals surface area contributed by atoms with Crippen molar-refractivity contribution in [3.05, 3.63) is 153 Å². The van der Waals surface area contributed by atoms with E-state index in [0.29, 0.717) is 17.1 Å². The predicted octanol–water partition coefficient (Wildman–Crippen LogP) is 5.56. The molecule has 2 bridgehead atoms. The summed E-state index contributed by atoms with van der Waals surface area (Å²) in [6, 6.07) is 19.3. The van der Waals surface area contributed by atoms with Gasteiger partial charge in [-0.2, -0.15) is 8.42 Å². The minimum atomic E-state index is -4.12. The van der Waals surface area contributed by atoms with Crippen LogP contribution in [0.3, 0.4) is 0 Å². The number of carbonyl (C=O) groups is 1. The molecule has 0 spiro atoms. The summed E-state index contributed by atoms with van der Waals surface area (Å²) in [5.74, 6) is 0.735. The number of ether oxygens (including phenoxy) is 1. The first-order chi connectivity index (χ1) is 20.8. The fourth-order valence-electron chi connectivity index (χ4n) is 5.50. The zero-order valence-corrected chi connectivity index (χ0v) is 25.2. The number of hydrogen-bond acceptors (Lipinski definition) is 7. The van der Waals surface area contributed by atoms with Crippen molar-refractivity contribution in [3.63, 3.8) is 0 Å². The molecule has 10 radical (unpaired) electrons. The van der Waals surface area contributed by atoms with E-state index in [2.05, 4.69) is 0 Å². The molecule has 3 aromatic rings. The summed E-state index contributed by atoms with van der Waals surface area (Å²) < 4.78 is 38.6. The number of Topliss-reactive ketones (excluding diaryl/α,β-unsaturated/α-hetero) is 1. The molecule has 0 aromatic heterocycles. The van der Waals surface area contributed by atoms with Crippen LogP contribution in [0.2, 0.25) is 0 Å². The summed E-state index contributed by atoms with van der Waals surface area (Å²) in [5, 5.41) is 18.6. The second-order valence-corrected chi connectivity index (χ2v) is 12.1. The third kappa shape index (κ3) is 6.91. The third-order valence-electron chi connectivity index (χ3n) is 7.53. The van der Waals surface area contributed by atoms with E-state index in [-0.39, 0.29) is 46.5 Å². The molecule has 2 saturated carbocycles. The van der Waals surface area contributed by atoms with Crippen molar-refractivity contribution in [1.82, 2.24) is 0 Å². The average Bonchev–Trinajstić information content (AvgIpc) is 3.84. The summed E-state index contributed by atoms with van der Waals surface area (Å²) >= 11 is 0. The molecule has 0 unspecified atom stereocenters. The Balaban J connectivity index is 0.000000584. The number of aromatic hydroxyl groups is 2. The van der Waals surface area contributed by atoms with E-state index in [0.717, 1.165) is 16.7 Å². The van der Waals surface area contributed by atoms with Crippen molar-refractivity contribution >= 4 is 27.0 Å². The number of carbonyl (C=O) groups excluding carboxylic acids is 1. The molecule has 2 aliphatic carbocycles. The summed E-state index contributed by atoms with van der Waals surface area (Å²) in [7, 11) is -4.12. The van der Waals surface area contributed by atoms with E-state index in [1.54, 1.807) is 86.3 Å². The average molecular weight is 649 g/mol. The Hall–Kier alpha value is -3.10. The molecular formula is C35H28FeO7S+2. The Bertz CT molecular complexity index is 1560. The fourth-order valence-corrected chi connectivity index (χ4v) is 6.92. The molecule has 9 heteroatoms. The molecule has 222 valence electrons. The SMILES string of the molecule is O=C([C]1[CH][CH][CH][CH]1)c1ccc(OS(=O)(=O)[C@H]2C[C@H]3O[C@@H]2C(c2ccc(O)cc2)=C3c2ccc(O)cc2)cc1.[CH]1[CH][CH][CH][CH]1.[Fe+2]. The largest absolute Gasteiger partial charge is 2.00 e. The third-order valence-corrected chi connectivity index (χ3v) is 9.13. The van der Waals surface area contributed by atoms with Gasteiger partial charge in [0.2, 0.25) is 0 Å². The Morgan fingerprint density at radius 3 is 1.73 bits per heavy atom. The van der Waals surface area contributed by atoms with Crippen molar-refractivity contribution < 1.29 is 49.4 Å². The summed E-state index contributed by atoms with van der Waals surface area (Å²) in [6.07, 6.45) is 15.9. The maximum atomic E-state index is 13.5. The van der Waals surface area contributed by atoms with Gasteiger partial charge in [0, 0.05) is 12.0 Å². The molecule has 2 heterocycles. The first-order valence-electron chi connectivity index (χ1n) is 13.7. The second-order valence-electron chi connectivity index (χ2n) is 10.3. The van der Waals surface area contributed by atoms with E-state index >= 15 is 0 Å². The van der Waals surface area contributed by atoms with Crippen LogP contribution in [-0.2, 0) is 31.9 Å². The summed E-state index contributed by atoms with van der Waals surface area (Å²) in [4.78, 5) is 12.5. The van der Waals surface area contributed by atoms with Crippen LogP contribution in [0, 0.1) is 63.7 Å². The Labute approximate surface area is 269 Å². The van der Waals surface area contributed by atoms with Gasteiger partial charge in [-0.15, -0.1) is 0 Å². The van der Waals surface area contributed by atoms with Gasteiger partial charge >= 0.3 is 27.2 Å². The number of phenolic OH excluding ortho intramolecular Hbond substituents is 2. The smallest absolute Gasteiger partial charge is 0.508 e. The Morgan fingerprint density at radius 2 is 1.20 bits per heavy atom. The molecule has 7 nitrogen and oxygen atoms in total. The van der Waals surface area contributed by atoms with Crippen molar-refractivity contribution in [3.8, 4) is 17.2 Å². The van der Waals surface area contributed by atoms with E-state index in [1.165, 1.54) is 12.1 Å². The van der Waals surface area contributed by atoms with Crippen LogP contribution in [0.5, 0.6) is 17.2 Å². The van der Waals surface area contributed by atoms with Crippen molar-refractivity contribution in [2.24, 2.45) is 0 Å². The number of benzene rings is 3. The van der Waals surface area contributed by atoms with Crippen LogP contribution in [0.1, 0.15) is 27.9 Å². The number of phenols is 2. The Morgan fingerprint density at radius 1 is 0.705 bits per heavy atom. The van der Waals surface area contributed by atoms with E-state index in [1.807, 2.05) is 32.1 Å². The van der Waals surface area contributed by atoms with Crippen LogP contribution in [0.4, 0.5) is 0 Å². The number of fused-ring (bicyclic) bond motifs is 2. The number of ketones is 1. The van der Waals surface area contributed by atoms with Gasteiger partial charge in [0.1, 0.15) is 28.6 Å². The van der Waals surface area contributed by atoms with Gasteiger partial charge in [-0.25, -0.2) is 0 Å². The first-order valence-corrected chi connectivity index (χ1v) is 15.2. The van der Waals surface area contributed by atoms with Gasteiger partial charge in [0.25, 0.3) is 0 Å². The molecule has 7 rings (SSSR count). The molecular weight excluding hydrogens is 620 g/mol. The van der Waals surface area contributed by atoms with Crippen molar-refractivity contribution in [2.75, 3.05) is 0 Å². The van der Waals surface area contributed by atoms with Gasteiger partial charge in [0.05, 0.1) is 12.0 Å². The van der Waals surface area contributed by atoms with Crippen LogP contribution < -0.4 is 4.18 Å². The standard InChI is InChI=1S/C30H23O7S.C5H5.Fe/c31-22-11-5-18(6-12-22)27-25-17-26(30(36-25)28(27)19-7-13-23(32)14-8-19)38(34,35)37-24-15-9-21(10-16-24)29(33)20-3-1-2-4-20;1-2-4-5-3-1;/h1-16,25-26,30-32H,17H2;1-5H;/q;;+2/t25-,26+,30+;;/m1../s1. The summed E-state index contributed by atoms with van der Waals surface area (Å²) in [6.45, 7) is 0.